The predicted molar refractivity (Wildman–Crippen MR) is 139 cm³/mol. The maximum atomic E-state index is 12.6. The molecule has 4 aromatic rings. The number of anilines is 2. The van der Waals surface area contributed by atoms with Crippen molar-refractivity contribution in [3.8, 4) is 16.9 Å². The van der Waals surface area contributed by atoms with Crippen molar-refractivity contribution in [2.75, 3.05) is 43.1 Å². The Kier molecular flexibility index (Phi) is 5.80. The molecule has 6 rings (SSSR count). The first-order chi connectivity index (χ1) is 17.6. The van der Waals surface area contributed by atoms with E-state index >= 15 is 0 Å². The molecule has 10 heteroatoms. The third-order valence-electron chi connectivity index (χ3n) is 7.07. The summed E-state index contributed by atoms with van der Waals surface area (Å²) in [5.41, 5.74) is 4.66. The van der Waals surface area contributed by atoms with Gasteiger partial charge in [-0.2, -0.15) is 14.9 Å². The fourth-order valence-corrected chi connectivity index (χ4v) is 5.06. The number of hydrogen-bond donors (Lipinski definition) is 2. The zero-order valence-corrected chi connectivity index (χ0v) is 20.6. The van der Waals surface area contributed by atoms with E-state index < -0.39 is 0 Å². The topological polar surface area (TPSA) is 104 Å². The molecule has 2 saturated heterocycles. The van der Waals surface area contributed by atoms with E-state index in [0.717, 1.165) is 71.7 Å². The zero-order chi connectivity index (χ0) is 24.6. The van der Waals surface area contributed by atoms with Crippen molar-refractivity contribution < 1.29 is 9.53 Å². The van der Waals surface area contributed by atoms with Crippen LogP contribution in [0.1, 0.15) is 25.3 Å². The molecule has 0 spiro atoms. The normalized spacial score (nSPS) is 18.2. The molecule has 186 valence electrons. The highest BCUT2D eigenvalue weighted by Gasteiger charge is 2.24. The number of pyridine rings is 1. The van der Waals surface area contributed by atoms with E-state index in [0.29, 0.717) is 19.0 Å². The van der Waals surface area contributed by atoms with Crippen LogP contribution in [-0.4, -0.2) is 74.8 Å². The first-order valence-electron chi connectivity index (χ1n) is 12.5. The van der Waals surface area contributed by atoms with Gasteiger partial charge in [-0.3, -0.25) is 5.10 Å². The number of hydrogen-bond acceptors (Lipinski definition) is 6. The summed E-state index contributed by atoms with van der Waals surface area (Å²) in [6.07, 6.45) is 5.76. The fourth-order valence-electron chi connectivity index (χ4n) is 5.06. The van der Waals surface area contributed by atoms with Crippen molar-refractivity contribution in [2.24, 2.45) is 0 Å². The molecule has 0 aliphatic carbocycles. The second kappa shape index (κ2) is 9.27. The van der Waals surface area contributed by atoms with Crippen molar-refractivity contribution in [3.63, 3.8) is 0 Å². The molecule has 0 bridgehead atoms. The van der Waals surface area contributed by atoms with E-state index in [4.69, 9.17) is 9.72 Å². The van der Waals surface area contributed by atoms with E-state index in [1.807, 2.05) is 30.2 Å². The number of carbonyl (C=O) groups excluding carboxylic acids is 1. The lowest BCUT2D eigenvalue weighted by Crippen LogP contribution is -2.44. The summed E-state index contributed by atoms with van der Waals surface area (Å²) in [6.45, 7) is 7.93. The van der Waals surface area contributed by atoms with Crippen LogP contribution < -0.4 is 10.2 Å². The van der Waals surface area contributed by atoms with Gasteiger partial charge in [0.1, 0.15) is 5.82 Å². The van der Waals surface area contributed by atoms with Gasteiger partial charge in [0.15, 0.2) is 11.5 Å². The molecule has 2 N–H and O–H groups in total. The van der Waals surface area contributed by atoms with Crippen LogP contribution >= 0.6 is 0 Å². The summed E-state index contributed by atoms with van der Waals surface area (Å²) in [5, 5.41) is 15.8. The number of aromatic nitrogens is 5. The minimum atomic E-state index is -0.0291. The molecular weight excluding hydrogens is 456 g/mol. The van der Waals surface area contributed by atoms with Gasteiger partial charge in [0.05, 0.1) is 25.5 Å². The van der Waals surface area contributed by atoms with Gasteiger partial charge in [-0.25, -0.2) is 9.78 Å². The van der Waals surface area contributed by atoms with Crippen LogP contribution in [0.4, 0.5) is 16.3 Å². The van der Waals surface area contributed by atoms with Gasteiger partial charge in [0.25, 0.3) is 0 Å². The van der Waals surface area contributed by atoms with Crippen LogP contribution in [0.15, 0.2) is 42.7 Å². The van der Waals surface area contributed by atoms with E-state index in [-0.39, 0.29) is 12.1 Å². The number of carbonyl (C=O) groups is 1. The SMILES string of the molecule is Cc1cc(-c2cc(N3CCOC[C@H]3C)nc3c2cnn3-c2cc[nH]n2)ccc1NC(=O)N1CCCC1. The van der Waals surface area contributed by atoms with E-state index in [1.54, 1.807) is 10.9 Å². The summed E-state index contributed by atoms with van der Waals surface area (Å²) >= 11 is 0. The molecule has 3 aromatic heterocycles. The lowest BCUT2D eigenvalue weighted by molar-refractivity contribution is 0.0985. The molecule has 2 amide bonds. The molecule has 2 aliphatic rings. The number of urea groups is 1. The highest BCUT2D eigenvalue weighted by Crippen LogP contribution is 2.35. The molecule has 0 saturated carbocycles. The van der Waals surface area contributed by atoms with Crippen LogP contribution in [0.25, 0.3) is 28.0 Å². The largest absolute Gasteiger partial charge is 0.377 e. The van der Waals surface area contributed by atoms with E-state index in [1.165, 1.54) is 0 Å². The second-order valence-electron chi connectivity index (χ2n) is 9.53. The zero-order valence-electron chi connectivity index (χ0n) is 20.6. The third kappa shape index (κ3) is 4.07. The quantitative estimate of drug-likeness (QED) is 0.452. The summed E-state index contributed by atoms with van der Waals surface area (Å²) in [6, 6.07) is 10.4. The van der Waals surface area contributed by atoms with Gasteiger partial charge in [-0.1, -0.05) is 6.07 Å². The number of H-pyrrole nitrogens is 1. The summed E-state index contributed by atoms with van der Waals surface area (Å²) in [5.74, 6) is 1.57. The number of morpholine rings is 1. The number of amides is 2. The van der Waals surface area contributed by atoms with Crippen LogP contribution in [0.3, 0.4) is 0 Å². The molecular formula is C26H30N8O2. The van der Waals surface area contributed by atoms with E-state index in [9.17, 15) is 4.79 Å². The van der Waals surface area contributed by atoms with Gasteiger partial charge >= 0.3 is 6.03 Å². The number of aromatic amines is 1. The Morgan fingerprint density at radius 1 is 1.14 bits per heavy atom. The summed E-state index contributed by atoms with van der Waals surface area (Å²) < 4.78 is 7.43. The minimum Gasteiger partial charge on any atom is -0.377 e. The molecule has 10 nitrogen and oxygen atoms in total. The first-order valence-corrected chi connectivity index (χ1v) is 12.5. The number of likely N-dealkylation sites (tertiary alicyclic amines) is 1. The van der Waals surface area contributed by atoms with Crippen molar-refractivity contribution >= 4 is 28.6 Å². The fraction of sp³-hybridized carbons (Fsp3) is 0.385. The number of ether oxygens (including phenoxy) is 1. The maximum absolute atomic E-state index is 12.6. The standard InChI is InChI=1S/C26H30N8O2/c1-17-13-19(5-6-22(17)29-26(35)32-9-3-4-10-32)20-14-24(33-11-12-36-16-18(33)2)30-25-21(20)15-28-34(25)23-7-8-27-31-23/h5-8,13-15,18H,3-4,9-12,16H2,1-2H3,(H,27,31)(H,29,35)/t18-/m1/s1. The minimum absolute atomic E-state index is 0.0291. The Bertz CT molecular complexity index is 1390. The average Bonchev–Trinajstić information content (AvgIpc) is 3.66. The Labute approximate surface area is 209 Å². The maximum Gasteiger partial charge on any atom is 0.321 e. The van der Waals surface area contributed by atoms with Crippen molar-refractivity contribution in [2.45, 2.75) is 32.7 Å². The molecule has 1 atom stereocenters. The summed E-state index contributed by atoms with van der Waals surface area (Å²) in [7, 11) is 0. The van der Waals surface area contributed by atoms with Gasteiger partial charge in [-0.05, 0) is 61.6 Å². The van der Waals surface area contributed by atoms with Gasteiger partial charge in [0, 0.05) is 43.0 Å². The van der Waals surface area contributed by atoms with Crippen LogP contribution in [0.5, 0.6) is 0 Å². The lowest BCUT2D eigenvalue weighted by atomic mass is 10.0. The highest BCUT2D eigenvalue weighted by atomic mass is 16.5. The van der Waals surface area contributed by atoms with Gasteiger partial charge < -0.3 is 19.9 Å². The van der Waals surface area contributed by atoms with Crippen LogP contribution in [0.2, 0.25) is 0 Å². The van der Waals surface area contributed by atoms with Crippen molar-refractivity contribution in [1.82, 2.24) is 29.9 Å². The number of fused-ring (bicyclic) bond motifs is 1. The smallest absolute Gasteiger partial charge is 0.321 e. The predicted octanol–water partition coefficient (Wildman–Crippen LogP) is 3.97. The van der Waals surface area contributed by atoms with E-state index in [2.05, 4.69) is 50.6 Å². The van der Waals surface area contributed by atoms with Gasteiger partial charge in [-0.15, -0.1) is 0 Å². The lowest BCUT2D eigenvalue weighted by Gasteiger charge is -2.34. The number of aryl methyl sites for hydroxylation is 1. The Morgan fingerprint density at radius 2 is 2.00 bits per heavy atom. The van der Waals surface area contributed by atoms with Crippen molar-refractivity contribution in [1.29, 1.82) is 0 Å². The van der Waals surface area contributed by atoms with Gasteiger partial charge in [0.2, 0.25) is 0 Å². The second-order valence-corrected chi connectivity index (χ2v) is 9.53. The molecule has 5 heterocycles. The Balaban J connectivity index is 1.42. The molecule has 1 aromatic carbocycles. The molecule has 36 heavy (non-hydrogen) atoms. The molecule has 2 aliphatic heterocycles. The molecule has 2 fully saturated rings. The average molecular weight is 487 g/mol. The first kappa shape index (κ1) is 22.5. The third-order valence-corrected chi connectivity index (χ3v) is 7.07. The number of nitrogens with zero attached hydrogens (tertiary/aromatic N) is 6. The number of benzene rings is 1. The Morgan fingerprint density at radius 3 is 2.75 bits per heavy atom. The summed E-state index contributed by atoms with van der Waals surface area (Å²) in [4.78, 5) is 21.8. The van der Waals surface area contributed by atoms with Crippen molar-refractivity contribution in [3.05, 3.63) is 48.3 Å². The Hall–Kier alpha value is -3.92. The monoisotopic (exact) mass is 486 g/mol. The number of rotatable bonds is 4. The molecule has 0 radical (unpaired) electrons. The van der Waals surface area contributed by atoms with Crippen LogP contribution in [0, 0.1) is 6.92 Å². The molecule has 0 unspecified atom stereocenters. The highest BCUT2D eigenvalue weighted by molar-refractivity contribution is 5.96. The van der Waals surface area contributed by atoms with Crippen LogP contribution in [-0.2, 0) is 4.74 Å². The number of nitrogens with one attached hydrogen (secondary N) is 2.